The monoisotopic (exact) mass is 589 g/mol. The molecule has 2 heterocycles. The number of urea groups is 1. The minimum absolute atomic E-state index is 0.0167. The van der Waals surface area contributed by atoms with Crippen molar-refractivity contribution in [1.29, 1.82) is 0 Å². The predicted octanol–water partition coefficient (Wildman–Crippen LogP) is 4.60. The van der Waals surface area contributed by atoms with Gasteiger partial charge in [0.15, 0.2) is 5.82 Å². The molecule has 1 fully saturated rings. The first-order valence-corrected chi connectivity index (χ1v) is 12.8. The SMILES string of the molecule is CCCC(C)C(=O)N1CCC(N(C)C(=O)Nc2cnc(-c3cc(F)cc(F)c3)cn2)CC1.N/N=N/N=N/N=N/N=N/N. The van der Waals surface area contributed by atoms with Crippen LogP contribution in [0.2, 0.25) is 0 Å². The molecule has 42 heavy (non-hydrogen) atoms. The summed E-state index contributed by atoms with van der Waals surface area (Å²) in [6.07, 6.45) is 5.99. The smallest absolute Gasteiger partial charge is 0.323 e. The van der Waals surface area contributed by atoms with Crippen LogP contribution in [0.1, 0.15) is 39.5 Å². The zero-order chi connectivity index (χ0) is 30.9. The van der Waals surface area contributed by atoms with E-state index in [1.165, 1.54) is 24.5 Å². The quantitative estimate of drug-likeness (QED) is 0.215. The number of anilines is 1. The lowest BCUT2D eigenvalue weighted by atomic mass is 10.00. The van der Waals surface area contributed by atoms with Gasteiger partial charge in [-0.25, -0.2) is 18.6 Å². The predicted molar refractivity (Wildman–Crippen MR) is 146 cm³/mol. The lowest BCUT2D eigenvalue weighted by Gasteiger charge is -2.37. The number of nitrogens with zero attached hydrogens (tertiary/aromatic N) is 12. The Morgan fingerprint density at radius 1 is 1.00 bits per heavy atom. The fourth-order valence-corrected chi connectivity index (χ4v) is 4.07. The molecule has 3 rings (SSSR count). The summed E-state index contributed by atoms with van der Waals surface area (Å²) in [5, 5.41) is 25.6. The van der Waals surface area contributed by atoms with Gasteiger partial charge in [0, 0.05) is 43.7 Å². The highest BCUT2D eigenvalue weighted by Gasteiger charge is 2.29. The minimum atomic E-state index is -0.701. The van der Waals surface area contributed by atoms with Crippen molar-refractivity contribution in [3.63, 3.8) is 0 Å². The Hall–Kier alpha value is -5.10. The van der Waals surface area contributed by atoms with Crippen molar-refractivity contribution in [2.75, 3.05) is 25.5 Å². The number of carbonyl (C=O) groups excluding carboxylic acids is 2. The molecule has 3 amide bonds. The molecule has 1 aromatic heterocycles. The number of aromatic nitrogens is 2. The van der Waals surface area contributed by atoms with Gasteiger partial charge in [-0.1, -0.05) is 30.7 Å². The minimum Gasteiger partial charge on any atom is -0.342 e. The van der Waals surface area contributed by atoms with Crippen molar-refractivity contribution in [2.45, 2.75) is 45.6 Å². The number of benzene rings is 1. The van der Waals surface area contributed by atoms with Crippen molar-refractivity contribution >= 4 is 17.8 Å². The normalized spacial score (nSPS) is 14.8. The Kier molecular flexibility index (Phi) is 13.8. The van der Waals surface area contributed by atoms with Crippen LogP contribution in [0, 0.1) is 17.6 Å². The summed E-state index contributed by atoms with van der Waals surface area (Å²) in [7, 11) is 1.72. The van der Waals surface area contributed by atoms with E-state index < -0.39 is 11.6 Å². The van der Waals surface area contributed by atoms with Crippen LogP contribution in [0.15, 0.2) is 72.4 Å². The van der Waals surface area contributed by atoms with Gasteiger partial charge in [-0.15, -0.1) is 0 Å². The highest BCUT2D eigenvalue weighted by molar-refractivity contribution is 5.88. The van der Waals surface area contributed by atoms with Crippen LogP contribution < -0.4 is 17.0 Å². The van der Waals surface area contributed by atoms with Crippen LogP contribution in [0.5, 0.6) is 0 Å². The van der Waals surface area contributed by atoms with Gasteiger partial charge in [0.25, 0.3) is 0 Å². The van der Waals surface area contributed by atoms with Crippen LogP contribution in [-0.4, -0.2) is 57.9 Å². The summed E-state index contributed by atoms with van der Waals surface area (Å²) in [5.74, 6) is 8.13. The number of rotatable bonds is 9. The van der Waals surface area contributed by atoms with E-state index in [1.807, 2.05) is 11.8 Å². The van der Waals surface area contributed by atoms with E-state index in [1.54, 1.807) is 11.9 Å². The molecule has 0 radical (unpaired) electrons. The molecule has 2 aromatic rings. The molecule has 0 aliphatic carbocycles. The van der Waals surface area contributed by atoms with Crippen LogP contribution in [0.4, 0.5) is 19.4 Å². The van der Waals surface area contributed by atoms with Gasteiger partial charge >= 0.3 is 6.03 Å². The third-order valence-electron chi connectivity index (χ3n) is 6.14. The van der Waals surface area contributed by atoms with E-state index in [-0.39, 0.29) is 35.3 Å². The first kappa shape index (κ1) is 33.1. The van der Waals surface area contributed by atoms with Crippen molar-refractivity contribution < 1.29 is 18.4 Å². The molecule has 1 aromatic carbocycles. The maximum absolute atomic E-state index is 13.4. The van der Waals surface area contributed by atoms with E-state index in [0.29, 0.717) is 31.6 Å². The highest BCUT2D eigenvalue weighted by Crippen LogP contribution is 2.21. The van der Waals surface area contributed by atoms with Crippen LogP contribution in [0.25, 0.3) is 11.3 Å². The number of nitrogens with two attached hydrogens (primary N) is 2. The second kappa shape index (κ2) is 17.6. The van der Waals surface area contributed by atoms with E-state index in [9.17, 15) is 18.4 Å². The molecule has 1 aliphatic heterocycles. The standard InChI is InChI=1S/C23H29F2N5O2.H4N10/c1-4-5-15(2)22(31)30-8-6-19(7-9-30)29(3)23(32)28-21-14-26-20(13-27-21)16-10-17(24)12-18(25)11-16;1-3-5-7-9-10-8-6-4-2/h10-15,19H,4-9H2,1-3H3,(H,27,28,32);(H2,1,4,5,8,9)(H2,2,3,6,7,10). The van der Waals surface area contributed by atoms with Gasteiger partial charge in [0.05, 0.1) is 18.1 Å². The molecular weight excluding hydrogens is 556 g/mol. The molecule has 17 nitrogen and oxygen atoms in total. The summed E-state index contributed by atoms with van der Waals surface area (Å²) in [6.45, 7) is 5.30. The Morgan fingerprint density at radius 3 is 2.07 bits per heavy atom. The molecule has 226 valence electrons. The van der Waals surface area contributed by atoms with Crippen molar-refractivity contribution in [1.82, 2.24) is 19.8 Å². The maximum Gasteiger partial charge on any atom is 0.323 e. The number of carbonyl (C=O) groups is 2. The van der Waals surface area contributed by atoms with Gasteiger partial charge in [-0.05, 0) is 62.7 Å². The van der Waals surface area contributed by atoms with Crippen LogP contribution in [-0.2, 0) is 4.79 Å². The summed E-state index contributed by atoms with van der Waals surface area (Å²) in [5.41, 5.74) is 0.559. The summed E-state index contributed by atoms with van der Waals surface area (Å²) >= 11 is 0. The molecule has 0 spiro atoms. The van der Waals surface area contributed by atoms with E-state index in [4.69, 9.17) is 0 Å². The van der Waals surface area contributed by atoms with Crippen LogP contribution in [0.3, 0.4) is 0 Å². The molecule has 19 heteroatoms. The van der Waals surface area contributed by atoms with Gasteiger partial charge in [-0.3, -0.25) is 15.1 Å². The highest BCUT2D eigenvalue weighted by atomic mass is 19.1. The number of piperidine rings is 1. The molecule has 1 atom stereocenters. The Balaban J connectivity index is 0.000000528. The molecule has 5 N–H and O–H groups in total. The second-order valence-corrected chi connectivity index (χ2v) is 9.00. The van der Waals surface area contributed by atoms with Crippen molar-refractivity contribution in [3.8, 4) is 11.3 Å². The zero-order valence-corrected chi connectivity index (χ0v) is 23.4. The zero-order valence-electron chi connectivity index (χ0n) is 23.4. The molecule has 1 aliphatic rings. The van der Waals surface area contributed by atoms with Crippen LogP contribution >= 0.6 is 0 Å². The van der Waals surface area contributed by atoms with E-state index >= 15 is 0 Å². The lowest BCUT2D eigenvalue weighted by molar-refractivity contribution is -0.136. The van der Waals surface area contributed by atoms with Gasteiger partial charge in [-0.2, -0.15) is 0 Å². The summed E-state index contributed by atoms with van der Waals surface area (Å²) < 4.78 is 26.8. The fourth-order valence-electron chi connectivity index (χ4n) is 4.07. The Morgan fingerprint density at radius 2 is 1.57 bits per heavy atom. The Labute approximate surface area is 240 Å². The van der Waals surface area contributed by atoms with Crippen molar-refractivity contribution in [2.24, 2.45) is 59.4 Å². The Bertz CT molecular complexity index is 1220. The summed E-state index contributed by atoms with van der Waals surface area (Å²) in [4.78, 5) is 36.9. The average molecular weight is 590 g/mol. The maximum atomic E-state index is 13.4. The van der Waals surface area contributed by atoms with Gasteiger partial charge in [0.1, 0.15) is 11.6 Å². The van der Waals surface area contributed by atoms with Crippen molar-refractivity contribution in [3.05, 3.63) is 42.2 Å². The lowest BCUT2D eigenvalue weighted by Crippen LogP contribution is -2.49. The largest absolute Gasteiger partial charge is 0.342 e. The topological polar surface area (TPSA) is 229 Å². The number of hydrogen-bond donors (Lipinski definition) is 3. The van der Waals surface area contributed by atoms with E-state index in [2.05, 4.69) is 75.7 Å². The van der Waals surface area contributed by atoms with E-state index in [0.717, 1.165) is 18.9 Å². The first-order valence-electron chi connectivity index (χ1n) is 12.8. The molecule has 0 bridgehead atoms. The molecular formula is C23H33F2N15O2. The number of hydrogen-bond acceptors (Lipinski definition) is 6. The average Bonchev–Trinajstić information content (AvgIpc) is 2.98. The molecule has 1 unspecified atom stereocenters. The number of nitrogens with one attached hydrogen (secondary N) is 1. The summed E-state index contributed by atoms with van der Waals surface area (Å²) in [6, 6.07) is 2.81. The van der Waals surface area contributed by atoms with Gasteiger partial charge in [0.2, 0.25) is 5.91 Å². The number of amides is 3. The molecule has 1 saturated heterocycles. The number of halogens is 2. The fraction of sp³-hybridized carbons (Fsp3) is 0.478. The molecule has 0 saturated carbocycles. The first-order chi connectivity index (χ1) is 20.2. The third kappa shape index (κ3) is 10.8. The van der Waals surface area contributed by atoms with Gasteiger partial charge < -0.3 is 21.5 Å². The number of likely N-dealkylation sites (tertiary alicyclic amines) is 1. The third-order valence-corrected chi connectivity index (χ3v) is 6.14. The second-order valence-electron chi connectivity index (χ2n) is 9.00.